The molecule has 1 aliphatic heterocycles. The number of ether oxygens (including phenoxy) is 1. The van der Waals surface area contributed by atoms with E-state index in [2.05, 4.69) is 4.99 Å². The SMILES string of the molecule is CCCCC(CCCN)(CC1c2ccccc2N=CC1(C)c1cc(F)ccc1OC)C(F)(F)F. The molecule has 1 heterocycles. The van der Waals surface area contributed by atoms with E-state index in [4.69, 9.17) is 10.5 Å². The molecule has 3 atom stereocenters. The van der Waals surface area contributed by atoms with Crippen LogP contribution < -0.4 is 10.5 Å². The molecule has 3 rings (SSSR count). The highest BCUT2D eigenvalue weighted by atomic mass is 19.4. The molecule has 3 unspecified atom stereocenters. The number of unbranched alkanes of at least 4 members (excludes halogenated alkanes) is 1. The normalized spacial score (nSPS) is 21.7. The number of nitrogens with two attached hydrogens (primary N) is 1. The van der Waals surface area contributed by atoms with Crippen molar-refractivity contribution in [3.05, 3.63) is 59.4 Å². The molecule has 0 radical (unpaired) electrons. The molecule has 2 aromatic carbocycles. The van der Waals surface area contributed by atoms with Gasteiger partial charge in [-0.05, 0) is 69.0 Å². The van der Waals surface area contributed by atoms with E-state index in [9.17, 15) is 17.6 Å². The van der Waals surface area contributed by atoms with Crippen molar-refractivity contribution in [2.75, 3.05) is 13.7 Å². The molecule has 186 valence electrons. The van der Waals surface area contributed by atoms with E-state index in [0.29, 0.717) is 29.8 Å². The van der Waals surface area contributed by atoms with Crippen LogP contribution in [0.25, 0.3) is 0 Å². The Morgan fingerprint density at radius 2 is 1.79 bits per heavy atom. The number of alkyl halides is 3. The van der Waals surface area contributed by atoms with E-state index in [1.165, 1.54) is 25.3 Å². The molecule has 1 aliphatic rings. The zero-order valence-electron chi connectivity index (χ0n) is 20.1. The van der Waals surface area contributed by atoms with Crippen LogP contribution in [0.2, 0.25) is 0 Å². The molecular weight excluding hydrogens is 444 g/mol. The molecular formula is C27H34F4N2O. The summed E-state index contributed by atoms with van der Waals surface area (Å²) in [5.74, 6) is -0.639. The molecule has 2 N–H and O–H groups in total. The Morgan fingerprint density at radius 1 is 1.09 bits per heavy atom. The Bertz CT molecular complexity index is 996. The molecule has 0 bridgehead atoms. The number of nitrogens with zero attached hydrogens (tertiary/aromatic N) is 1. The molecule has 0 fully saturated rings. The van der Waals surface area contributed by atoms with Gasteiger partial charge >= 0.3 is 6.18 Å². The van der Waals surface area contributed by atoms with Crippen molar-refractivity contribution in [1.82, 2.24) is 0 Å². The van der Waals surface area contributed by atoms with Gasteiger partial charge in [-0.25, -0.2) is 4.39 Å². The highest BCUT2D eigenvalue weighted by molar-refractivity contribution is 5.83. The van der Waals surface area contributed by atoms with Gasteiger partial charge in [-0.3, -0.25) is 4.99 Å². The van der Waals surface area contributed by atoms with E-state index < -0.39 is 28.7 Å². The Kier molecular flexibility index (Phi) is 8.06. The molecule has 34 heavy (non-hydrogen) atoms. The third-order valence-corrected chi connectivity index (χ3v) is 7.31. The predicted molar refractivity (Wildman–Crippen MR) is 129 cm³/mol. The fraction of sp³-hybridized carbons (Fsp3) is 0.519. The van der Waals surface area contributed by atoms with Gasteiger partial charge in [0.1, 0.15) is 11.6 Å². The van der Waals surface area contributed by atoms with Gasteiger partial charge < -0.3 is 10.5 Å². The number of para-hydroxylation sites is 1. The van der Waals surface area contributed by atoms with Gasteiger partial charge in [0.15, 0.2) is 0 Å². The van der Waals surface area contributed by atoms with Gasteiger partial charge in [-0.1, -0.05) is 38.0 Å². The fourth-order valence-electron chi connectivity index (χ4n) is 5.27. The molecule has 0 saturated carbocycles. The van der Waals surface area contributed by atoms with Crippen molar-refractivity contribution in [3.8, 4) is 5.75 Å². The highest BCUT2D eigenvalue weighted by Gasteiger charge is 2.56. The van der Waals surface area contributed by atoms with Crippen LogP contribution in [-0.4, -0.2) is 26.0 Å². The summed E-state index contributed by atoms with van der Waals surface area (Å²) in [5, 5.41) is 0. The topological polar surface area (TPSA) is 47.6 Å². The van der Waals surface area contributed by atoms with Crippen molar-refractivity contribution in [3.63, 3.8) is 0 Å². The van der Waals surface area contributed by atoms with Crippen LogP contribution in [0.3, 0.4) is 0 Å². The minimum Gasteiger partial charge on any atom is -0.496 e. The number of halogens is 4. The first-order valence-electron chi connectivity index (χ1n) is 11.9. The summed E-state index contributed by atoms with van der Waals surface area (Å²) in [7, 11) is 1.48. The van der Waals surface area contributed by atoms with Crippen molar-refractivity contribution in [1.29, 1.82) is 0 Å². The molecule has 0 saturated heterocycles. The summed E-state index contributed by atoms with van der Waals surface area (Å²) < 4.78 is 64.5. The van der Waals surface area contributed by atoms with Gasteiger partial charge in [0, 0.05) is 23.1 Å². The summed E-state index contributed by atoms with van der Waals surface area (Å²) in [6.07, 6.45) is -1.49. The summed E-state index contributed by atoms with van der Waals surface area (Å²) in [4.78, 5) is 4.59. The van der Waals surface area contributed by atoms with Gasteiger partial charge in [0.05, 0.1) is 18.2 Å². The van der Waals surface area contributed by atoms with Crippen molar-refractivity contribution < 1.29 is 22.3 Å². The number of benzene rings is 2. The molecule has 0 spiro atoms. The summed E-state index contributed by atoms with van der Waals surface area (Å²) in [6.45, 7) is 3.92. The number of fused-ring (bicyclic) bond motifs is 1. The molecule has 2 aromatic rings. The van der Waals surface area contributed by atoms with E-state index >= 15 is 0 Å². The maximum atomic E-state index is 14.9. The fourth-order valence-corrected chi connectivity index (χ4v) is 5.27. The van der Waals surface area contributed by atoms with Crippen molar-refractivity contribution in [2.45, 2.75) is 69.9 Å². The molecule has 3 nitrogen and oxygen atoms in total. The largest absolute Gasteiger partial charge is 0.496 e. The van der Waals surface area contributed by atoms with Gasteiger partial charge in [0.2, 0.25) is 0 Å². The van der Waals surface area contributed by atoms with E-state index in [0.717, 1.165) is 5.56 Å². The van der Waals surface area contributed by atoms with E-state index in [1.54, 1.807) is 6.21 Å². The number of hydrogen-bond acceptors (Lipinski definition) is 3. The second-order valence-corrected chi connectivity index (χ2v) is 9.47. The van der Waals surface area contributed by atoms with E-state index in [1.807, 2.05) is 38.1 Å². The van der Waals surface area contributed by atoms with Crippen LogP contribution >= 0.6 is 0 Å². The van der Waals surface area contributed by atoms with Gasteiger partial charge in [-0.15, -0.1) is 0 Å². The predicted octanol–water partition coefficient (Wildman–Crippen LogP) is 7.46. The van der Waals surface area contributed by atoms with Crippen LogP contribution in [0.5, 0.6) is 5.75 Å². The lowest BCUT2D eigenvalue weighted by molar-refractivity contribution is -0.235. The first-order valence-corrected chi connectivity index (χ1v) is 11.9. The lowest BCUT2D eigenvalue weighted by Crippen LogP contribution is -2.44. The first kappa shape index (κ1) is 26.2. The molecule has 0 aromatic heterocycles. The van der Waals surface area contributed by atoms with Crippen LogP contribution in [0.4, 0.5) is 23.2 Å². The first-order chi connectivity index (χ1) is 16.1. The zero-order chi connectivity index (χ0) is 25.0. The molecule has 0 amide bonds. The lowest BCUT2D eigenvalue weighted by Gasteiger charge is -2.46. The molecule has 7 heteroatoms. The molecule has 0 aliphatic carbocycles. The second-order valence-electron chi connectivity index (χ2n) is 9.47. The Labute approximate surface area is 199 Å². The average molecular weight is 479 g/mol. The third-order valence-electron chi connectivity index (χ3n) is 7.31. The highest BCUT2D eigenvalue weighted by Crippen LogP contribution is 2.58. The summed E-state index contributed by atoms with van der Waals surface area (Å²) in [6, 6.07) is 11.4. The quantitative estimate of drug-likeness (QED) is 0.360. The average Bonchev–Trinajstić information content (AvgIpc) is 2.81. The number of aliphatic imine (C=N–C) groups is 1. The number of methoxy groups -OCH3 is 1. The Balaban J connectivity index is 2.22. The maximum absolute atomic E-state index is 14.9. The van der Waals surface area contributed by atoms with Crippen LogP contribution in [0.1, 0.15) is 69.4 Å². The summed E-state index contributed by atoms with van der Waals surface area (Å²) >= 11 is 0. The number of rotatable bonds is 10. The van der Waals surface area contributed by atoms with E-state index in [-0.39, 0.29) is 32.2 Å². The standard InChI is InChI=1S/C27H34F4N2O/c1-4-5-13-26(14-8-15-32,27(29,30)31)17-22-20-9-6-7-10-23(20)33-18-25(22,2)21-16-19(28)11-12-24(21)34-3/h6-7,9-12,16,18,22H,4-5,8,13-15,17,32H2,1-3H3. The zero-order valence-corrected chi connectivity index (χ0v) is 20.1. The van der Waals surface area contributed by atoms with Gasteiger partial charge in [0.25, 0.3) is 0 Å². The monoisotopic (exact) mass is 478 g/mol. The second kappa shape index (κ2) is 10.5. The van der Waals surface area contributed by atoms with Crippen molar-refractivity contribution >= 4 is 11.9 Å². The smallest absolute Gasteiger partial charge is 0.394 e. The van der Waals surface area contributed by atoms with Crippen LogP contribution in [0, 0.1) is 11.2 Å². The maximum Gasteiger partial charge on any atom is 0.394 e. The Hall–Kier alpha value is -2.41. The minimum absolute atomic E-state index is 0.0270. The van der Waals surface area contributed by atoms with Gasteiger partial charge in [-0.2, -0.15) is 13.2 Å². The third kappa shape index (κ3) is 4.99. The Morgan fingerprint density at radius 3 is 2.44 bits per heavy atom. The van der Waals surface area contributed by atoms with Crippen molar-refractivity contribution in [2.24, 2.45) is 16.1 Å². The number of hydrogen-bond donors (Lipinski definition) is 1. The lowest BCUT2D eigenvalue weighted by atomic mass is 9.60. The summed E-state index contributed by atoms with van der Waals surface area (Å²) in [5.41, 5.74) is 4.62. The minimum atomic E-state index is -4.41. The van der Waals surface area contributed by atoms with Crippen LogP contribution in [0.15, 0.2) is 47.5 Å². The van der Waals surface area contributed by atoms with Crippen LogP contribution in [-0.2, 0) is 5.41 Å².